The highest BCUT2D eigenvalue weighted by atomic mass is 14.5. The maximum atomic E-state index is 5.58. The third-order valence-corrected chi connectivity index (χ3v) is 1.71. The fourth-order valence-electron chi connectivity index (χ4n) is 0.953. The standard InChI is InChI=1S/C12H17N/c1-12(2,3)9-8-10-4-6-11(13)7-5-10/h4-9H,13H2,1-3H3/b9-8+. The highest BCUT2D eigenvalue weighted by molar-refractivity contribution is 5.53. The van der Waals surface area contributed by atoms with Crippen molar-refractivity contribution >= 4 is 11.8 Å². The van der Waals surface area contributed by atoms with Crippen molar-refractivity contribution in [2.75, 3.05) is 5.73 Å². The quantitative estimate of drug-likeness (QED) is 0.651. The molecule has 2 N–H and O–H groups in total. The minimum absolute atomic E-state index is 0.237. The first-order chi connectivity index (χ1) is 5.97. The Morgan fingerprint density at radius 3 is 2.08 bits per heavy atom. The van der Waals surface area contributed by atoms with Gasteiger partial charge < -0.3 is 5.73 Å². The Kier molecular flexibility index (Phi) is 2.76. The second kappa shape index (κ2) is 3.65. The Morgan fingerprint density at radius 2 is 1.62 bits per heavy atom. The minimum Gasteiger partial charge on any atom is -0.399 e. The largest absolute Gasteiger partial charge is 0.399 e. The first kappa shape index (κ1) is 9.85. The van der Waals surface area contributed by atoms with Crippen LogP contribution in [0.4, 0.5) is 5.69 Å². The van der Waals surface area contributed by atoms with Crippen molar-refractivity contribution < 1.29 is 0 Å². The van der Waals surface area contributed by atoms with Crippen molar-refractivity contribution in [2.24, 2.45) is 5.41 Å². The molecule has 70 valence electrons. The zero-order valence-electron chi connectivity index (χ0n) is 8.54. The monoisotopic (exact) mass is 175 g/mol. The van der Waals surface area contributed by atoms with Gasteiger partial charge in [-0.15, -0.1) is 0 Å². The Bertz CT molecular complexity index is 288. The van der Waals surface area contributed by atoms with Gasteiger partial charge in [0.25, 0.3) is 0 Å². The predicted molar refractivity (Wildman–Crippen MR) is 59.3 cm³/mol. The molecule has 0 saturated carbocycles. The summed E-state index contributed by atoms with van der Waals surface area (Å²) in [6.07, 6.45) is 4.32. The summed E-state index contributed by atoms with van der Waals surface area (Å²) in [6.45, 7) is 6.54. The molecule has 1 aromatic carbocycles. The Morgan fingerprint density at radius 1 is 1.08 bits per heavy atom. The summed E-state index contributed by atoms with van der Waals surface area (Å²) in [5, 5.41) is 0. The van der Waals surface area contributed by atoms with Crippen LogP contribution in [0.5, 0.6) is 0 Å². The van der Waals surface area contributed by atoms with Gasteiger partial charge >= 0.3 is 0 Å². The van der Waals surface area contributed by atoms with Crippen LogP contribution in [0.15, 0.2) is 30.3 Å². The van der Waals surface area contributed by atoms with Gasteiger partial charge in [-0.25, -0.2) is 0 Å². The van der Waals surface area contributed by atoms with E-state index in [0.717, 1.165) is 5.69 Å². The molecule has 0 fully saturated rings. The van der Waals surface area contributed by atoms with E-state index in [1.807, 2.05) is 24.3 Å². The van der Waals surface area contributed by atoms with Crippen molar-refractivity contribution in [3.05, 3.63) is 35.9 Å². The maximum absolute atomic E-state index is 5.58. The molecule has 0 spiro atoms. The van der Waals surface area contributed by atoms with E-state index in [1.165, 1.54) is 5.56 Å². The van der Waals surface area contributed by atoms with Crippen molar-refractivity contribution in [3.8, 4) is 0 Å². The predicted octanol–water partition coefficient (Wildman–Crippen LogP) is 3.33. The van der Waals surface area contributed by atoms with E-state index >= 15 is 0 Å². The van der Waals surface area contributed by atoms with E-state index in [-0.39, 0.29) is 5.41 Å². The summed E-state index contributed by atoms with van der Waals surface area (Å²) < 4.78 is 0. The van der Waals surface area contributed by atoms with Crippen LogP contribution in [-0.4, -0.2) is 0 Å². The summed E-state index contributed by atoms with van der Waals surface area (Å²) in [5.41, 5.74) is 7.83. The van der Waals surface area contributed by atoms with Gasteiger partial charge in [0, 0.05) is 5.69 Å². The molecule has 1 aromatic rings. The van der Waals surface area contributed by atoms with Crippen molar-refractivity contribution in [1.82, 2.24) is 0 Å². The first-order valence-corrected chi connectivity index (χ1v) is 4.52. The molecule has 0 saturated heterocycles. The molecule has 1 nitrogen and oxygen atoms in total. The smallest absolute Gasteiger partial charge is 0.0314 e. The van der Waals surface area contributed by atoms with Crippen LogP contribution in [0, 0.1) is 5.41 Å². The molecule has 0 aliphatic heterocycles. The lowest BCUT2D eigenvalue weighted by Gasteiger charge is -2.10. The molecule has 0 aromatic heterocycles. The van der Waals surface area contributed by atoms with Gasteiger partial charge in [-0.05, 0) is 23.1 Å². The van der Waals surface area contributed by atoms with E-state index in [9.17, 15) is 0 Å². The van der Waals surface area contributed by atoms with E-state index in [1.54, 1.807) is 0 Å². The molecule has 1 heteroatoms. The normalized spacial score (nSPS) is 12.2. The lowest BCUT2D eigenvalue weighted by atomic mass is 9.95. The summed E-state index contributed by atoms with van der Waals surface area (Å²) in [5.74, 6) is 0. The highest BCUT2D eigenvalue weighted by Gasteiger charge is 2.02. The van der Waals surface area contributed by atoms with E-state index in [2.05, 4.69) is 32.9 Å². The number of allylic oxidation sites excluding steroid dienone is 1. The number of anilines is 1. The molecule has 1 rings (SSSR count). The molecule has 0 heterocycles. The fraction of sp³-hybridized carbons (Fsp3) is 0.333. The van der Waals surface area contributed by atoms with E-state index in [0.29, 0.717) is 0 Å². The lowest BCUT2D eigenvalue weighted by Crippen LogP contribution is -1.97. The van der Waals surface area contributed by atoms with Crippen molar-refractivity contribution in [3.63, 3.8) is 0 Å². The third kappa shape index (κ3) is 3.79. The number of rotatable bonds is 1. The highest BCUT2D eigenvalue weighted by Crippen LogP contribution is 2.17. The van der Waals surface area contributed by atoms with Gasteiger partial charge in [-0.2, -0.15) is 0 Å². The van der Waals surface area contributed by atoms with E-state index < -0.39 is 0 Å². The molecule has 0 aliphatic rings. The topological polar surface area (TPSA) is 26.0 Å². The van der Waals surface area contributed by atoms with Crippen molar-refractivity contribution in [2.45, 2.75) is 20.8 Å². The summed E-state index contributed by atoms with van der Waals surface area (Å²) in [4.78, 5) is 0. The van der Waals surface area contributed by atoms with Crippen LogP contribution in [-0.2, 0) is 0 Å². The fourth-order valence-corrected chi connectivity index (χ4v) is 0.953. The SMILES string of the molecule is CC(C)(C)/C=C/c1ccc(N)cc1. The zero-order valence-corrected chi connectivity index (χ0v) is 8.54. The van der Waals surface area contributed by atoms with Gasteiger partial charge in [-0.1, -0.05) is 45.1 Å². The minimum atomic E-state index is 0.237. The maximum Gasteiger partial charge on any atom is 0.0314 e. The van der Waals surface area contributed by atoms with Gasteiger partial charge in [0.15, 0.2) is 0 Å². The van der Waals surface area contributed by atoms with Gasteiger partial charge in [-0.3, -0.25) is 0 Å². The summed E-state index contributed by atoms with van der Waals surface area (Å²) in [7, 11) is 0. The second-order valence-corrected chi connectivity index (χ2v) is 4.37. The van der Waals surface area contributed by atoms with Gasteiger partial charge in [0.2, 0.25) is 0 Å². The molecule has 0 amide bonds. The third-order valence-electron chi connectivity index (χ3n) is 1.71. The van der Waals surface area contributed by atoms with Crippen LogP contribution in [0.25, 0.3) is 6.08 Å². The van der Waals surface area contributed by atoms with Crippen LogP contribution in [0.3, 0.4) is 0 Å². The van der Waals surface area contributed by atoms with Crippen LogP contribution in [0.2, 0.25) is 0 Å². The summed E-state index contributed by atoms with van der Waals surface area (Å²) in [6, 6.07) is 7.89. The molecule has 0 unspecified atom stereocenters. The molecule has 0 radical (unpaired) electrons. The average molecular weight is 175 g/mol. The molecule has 0 atom stereocenters. The Hall–Kier alpha value is -1.24. The molecule has 0 bridgehead atoms. The number of hydrogen-bond acceptors (Lipinski definition) is 1. The number of hydrogen-bond donors (Lipinski definition) is 1. The average Bonchev–Trinajstić information content (AvgIpc) is 2.02. The Labute approximate surface area is 80.3 Å². The van der Waals surface area contributed by atoms with E-state index in [4.69, 9.17) is 5.73 Å². The number of nitrogens with two attached hydrogens (primary N) is 1. The zero-order chi connectivity index (χ0) is 9.90. The number of benzene rings is 1. The molecular formula is C12H17N. The molecule has 0 aliphatic carbocycles. The van der Waals surface area contributed by atoms with Crippen LogP contribution in [0.1, 0.15) is 26.3 Å². The Balaban J connectivity index is 2.75. The molecule has 13 heavy (non-hydrogen) atoms. The van der Waals surface area contributed by atoms with Gasteiger partial charge in [0.1, 0.15) is 0 Å². The lowest BCUT2D eigenvalue weighted by molar-refractivity contribution is 0.547. The van der Waals surface area contributed by atoms with Crippen LogP contribution < -0.4 is 5.73 Å². The van der Waals surface area contributed by atoms with Crippen LogP contribution >= 0.6 is 0 Å². The second-order valence-electron chi connectivity index (χ2n) is 4.37. The summed E-state index contributed by atoms with van der Waals surface area (Å²) >= 11 is 0. The molecular weight excluding hydrogens is 158 g/mol. The number of nitrogen functional groups attached to an aromatic ring is 1. The first-order valence-electron chi connectivity index (χ1n) is 4.52. The van der Waals surface area contributed by atoms with Crippen molar-refractivity contribution in [1.29, 1.82) is 0 Å². The van der Waals surface area contributed by atoms with Gasteiger partial charge in [0.05, 0.1) is 0 Å².